The van der Waals surface area contributed by atoms with Crippen molar-refractivity contribution in [3.05, 3.63) is 0 Å². The van der Waals surface area contributed by atoms with E-state index in [1.165, 1.54) is 0 Å². The van der Waals surface area contributed by atoms with Gasteiger partial charge in [0.1, 0.15) is 0 Å². The molecular formula is C13H24N2OS2. The van der Waals surface area contributed by atoms with Crippen molar-refractivity contribution < 1.29 is 4.79 Å². The van der Waals surface area contributed by atoms with Crippen LogP contribution in [0.25, 0.3) is 0 Å². The number of thioether (sulfide) groups is 1. The Hall–Kier alpha value is -0.290. The minimum atomic E-state index is -0.642. The first-order chi connectivity index (χ1) is 8.37. The molecular weight excluding hydrogens is 264 g/mol. The van der Waals surface area contributed by atoms with E-state index in [0.717, 1.165) is 13.1 Å². The van der Waals surface area contributed by atoms with Crippen molar-refractivity contribution in [1.82, 2.24) is 4.90 Å². The lowest BCUT2D eigenvalue weighted by molar-refractivity contribution is -0.138. The van der Waals surface area contributed by atoms with Gasteiger partial charge < -0.3 is 10.6 Å². The number of carbonyl (C=O) groups is 1. The number of nitrogens with zero attached hydrogens (tertiary/aromatic N) is 1. The van der Waals surface area contributed by atoms with E-state index in [1.807, 2.05) is 30.5 Å². The quantitative estimate of drug-likeness (QED) is 0.807. The predicted octanol–water partition coefficient (Wildman–Crippen LogP) is 2.43. The van der Waals surface area contributed by atoms with Crippen molar-refractivity contribution in [3.8, 4) is 0 Å². The minimum absolute atomic E-state index is 0.124. The van der Waals surface area contributed by atoms with Crippen LogP contribution in [0.4, 0.5) is 0 Å². The molecule has 3 nitrogen and oxygen atoms in total. The van der Waals surface area contributed by atoms with Gasteiger partial charge in [-0.2, -0.15) is 11.8 Å². The van der Waals surface area contributed by atoms with Crippen LogP contribution in [0.5, 0.6) is 0 Å². The second-order valence-electron chi connectivity index (χ2n) is 5.12. The van der Waals surface area contributed by atoms with Crippen molar-refractivity contribution in [2.75, 3.05) is 13.1 Å². The molecule has 1 amide bonds. The van der Waals surface area contributed by atoms with E-state index in [2.05, 4.69) is 13.8 Å². The lowest BCUT2D eigenvalue weighted by Crippen LogP contribution is -2.54. The molecule has 2 unspecified atom stereocenters. The summed E-state index contributed by atoms with van der Waals surface area (Å²) in [6, 6.07) is 0. The Labute approximate surface area is 120 Å². The highest BCUT2D eigenvalue weighted by Crippen LogP contribution is 2.33. The molecule has 0 saturated carbocycles. The van der Waals surface area contributed by atoms with Crippen LogP contribution in [0.1, 0.15) is 40.5 Å². The Bertz CT molecular complexity index is 319. The van der Waals surface area contributed by atoms with Gasteiger partial charge in [0, 0.05) is 23.6 Å². The summed E-state index contributed by atoms with van der Waals surface area (Å²) in [5.41, 5.74) is 5.21. The average molecular weight is 288 g/mol. The number of nitrogens with two attached hydrogens (primary N) is 1. The Morgan fingerprint density at radius 1 is 1.33 bits per heavy atom. The molecule has 0 aromatic carbocycles. The van der Waals surface area contributed by atoms with Crippen molar-refractivity contribution >= 4 is 34.9 Å². The van der Waals surface area contributed by atoms with E-state index in [4.69, 9.17) is 18.0 Å². The van der Waals surface area contributed by atoms with E-state index < -0.39 is 5.41 Å². The van der Waals surface area contributed by atoms with Crippen LogP contribution in [0.15, 0.2) is 0 Å². The molecule has 104 valence electrons. The number of hydrogen-bond acceptors (Lipinski definition) is 3. The third kappa shape index (κ3) is 2.99. The van der Waals surface area contributed by atoms with Gasteiger partial charge in [0.15, 0.2) is 0 Å². The van der Waals surface area contributed by atoms with Crippen molar-refractivity contribution in [2.24, 2.45) is 11.1 Å². The Kier molecular flexibility index (Phi) is 5.46. The van der Waals surface area contributed by atoms with Crippen LogP contribution in [0.3, 0.4) is 0 Å². The van der Waals surface area contributed by atoms with Gasteiger partial charge in [-0.15, -0.1) is 0 Å². The Balaban J connectivity index is 2.93. The lowest BCUT2D eigenvalue weighted by atomic mass is 9.80. The van der Waals surface area contributed by atoms with E-state index >= 15 is 0 Å². The summed E-state index contributed by atoms with van der Waals surface area (Å²) in [5.74, 6) is 0.124. The fourth-order valence-corrected chi connectivity index (χ4v) is 4.35. The molecule has 1 saturated heterocycles. The molecule has 0 bridgehead atoms. The molecule has 1 aliphatic rings. The van der Waals surface area contributed by atoms with Crippen LogP contribution >= 0.6 is 24.0 Å². The number of carbonyl (C=O) groups excluding carboxylic acids is 1. The first kappa shape index (κ1) is 15.8. The van der Waals surface area contributed by atoms with Gasteiger partial charge in [-0.1, -0.05) is 39.9 Å². The van der Waals surface area contributed by atoms with Gasteiger partial charge in [0.05, 0.1) is 10.4 Å². The Morgan fingerprint density at radius 3 is 2.11 bits per heavy atom. The van der Waals surface area contributed by atoms with E-state index in [9.17, 15) is 4.79 Å². The maximum absolute atomic E-state index is 12.8. The van der Waals surface area contributed by atoms with Gasteiger partial charge in [-0.05, 0) is 12.8 Å². The highest BCUT2D eigenvalue weighted by atomic mass is 32.2. The zero-order valence-corrected chi connectivity index (χ0v) is 13.4. The second kappa shape index (κ2) is 6.24. The lowest BCUT2D eigenvalue weighted by Gasteiger charge is -2.40. The molecule has 0 aromatic heterocycles. The van der Waals surface area contributed by atoms with Crippen LogP contribution in [-0.2, 0) is 4.79 Å². The molecule has 2 atom stereocenters. The summed E-state index contributed by atoms with van der Waals surface area (Å²) < 4.78 is 0. The summed E-state index contributed by atoms with van der Waals surface area (Å²) in [5, 5.41) is 0.964. The van der Waals surface area contributed by atoms with Gasteiger partial charge in [0.2, 0.25) is 5.91 Å². The van der Waals surface area contributed by atoms with Crippen LogP contribution in [0.2, 0.25) is 0 Å². The van der Waals surface area contributed by atoms with Gasteiger partial charge in [0.25, 0.3) is 0 Å². The topological polar surface area (TPSA) is 46.3 Å². The van der Waals surface area contributed by atoms with Gasteiger partial charge in [-0.3, -0.25) is 4.79 Å². The summed E-state index contributed by atoms with van der Waals surface area (Å²) in [7, 11) is 0. The van der Waals surface area contributed by atoms with Crippen LogP contribution in [0, 0.1) is 5.41 Å². The standard InChI is InChI=1S/C13H24N2OS2/c1-5-13(6-2,11(14)17)12(16)15-7-9(3)18-10(4)8-15/h9-10H,5-8H2,1-4H3,(H2,14,17). The van der Waals surface area contributed by atoms with Gasteiger partial charge in [-0.25, -0.2) is 0 Å². The summed E-state index contributed by atoms with van der Waals surface area (Å²) in [6.45, 7) is 9.93. The average Bonchev–Trinajstić information content (AvgIpc) is 2.29. The molecule has 0 aliphatic carbocycles. The second-order valence-corrected chi connectivity index (χ2v) is 7.44. The predicted molar refractivity (Wildman–Crippen MR) is 82.9 cm³/mol. The fourth-order valence-electron chi connectivity index (χ4n) is 2.65. The normalized spacial score (nSPS) is 25.0. The molecule has 1 rings (SSSR count). The van der Waals surface area contributed by atoms with E-state index in [0.29, 0.717) is 28.3 Å². The molecule has 1 fully saturated rings. The number of hydrogen-bond donors (Lipinski definition) is 1. The number of amides is 1. The fraction of sp³-hybridized carbons (Fsp3) is 0.846. The summed E-state index contributed by atoms with van der Waals surface area (Å²) in [6.07, 6.45) is 1.37. The maximum Gasteiger partial charge on any atom is 0.235 e. The third-order valence-corrected chi connectivity index (χ3v) is 5.41. The largest absolute Gasteiger partial charge is 0.392 e. The molecule has 18 heavy (non-hydrogen) atoms. The zero-order chi connectivity index (χ0) is 13.9. The molecule has 1 heterocycles. The number of rotatable bonds is 4. The Morgan fingerprint density at radius 2 is 1.78 bits per heavy atom. The minimum Gasteiger partial charge on any atom is -0.392 e. The zero-order valence-electron chi connectivity index (χ0n) is 11.7. The van der Waals surface area contributed by atoms with Crippen molar-refractivity contribution in [2.45, 2.75) is 51.0 Å². The van der Waals surface area contributed by atoms with Crippen LogP contribution < -0.4 is 5.73 Å². The third-order valence-electron chi connectivity index (χ3n) is 3.79. The molecule has 1 aliphatic heterocycles. The van der Waals surface area contributed by atoms with E-state index in [1.54, 1.807) is 0 Å². The molecule has 2 N–H and O–H groups in total. The monoisotopic (exact) mass is 288 g/mol. The van der Waals surface area contributed by atoms with E-state index in [-0.39, 0.29) is 5.91 Å². The SMILES string of the molecule is CCC(CC)(C(=O)N1CC(C)SC(C)C1)C(N)=S. The first-order valence-corrected chi connectivity index (χ1v) is 7.97. The van der Waals surface area contributed by atoms with Crippen molar-refractivity contribution in [3.63, 3.8) is 0 Å². The van der Waals surface area contributed by atoms with Crippen LogP contribution in [-0.4, -0.2) is 39.4 Å². The molecule has 0 radical (unpaired) electrons. The van der Waals surface area contributed by atoms with Crippen molar-refractivity contribution in [1.29, 1.82) is 0 Å². The first-order valence-electron chi connectivity index (χ1n) is 6.62. The smallest absolute Gasteiger partial charge is 0.235 e. The highest BCUT2D eigenvalue weighted by Gasteiger charge is 2.42. The number of thiocarbonyl (C=S) groups is 1. The molecule has 0 aromatic rings. The summed E-state index contributed by atoms with van der Waals surface area (Å²) >= 11 is 7.10. The molecule has 5 heteroatoms. The molecule has 0 spiro atoms. The highest BCUT2D eigenvalue weighted by molar-refractivity contribution is 8.00. The summed E-state index contributed by atoms with van der Waals surface area (Å²) in [4.78, 5) is 15.1. The maximum atomic E-state index is 12.8. The van der Waals surface area contributed by atoms with Gasteiger partial charge >= 0.3 is 0 Å².